The molecule has 0 aliphatic carbocycles. The Morgan fingerprint density at radius 2 is 1.74 bits per heavy atom. The first-order valence-electron chi connectivity index (χ1n) is 9.89. The molecule has 0 unspecified atom stereocenters. The monoisotopic (exact) mass is 404 g/mol. The molecular formula is C25H16N4O2. The molecule has 6 nitrogen and oxygen atoms in total. The van der Waals surface area contributed by atoms with E-state index in [1.54, 1.807) is 12.3 Å². The Kier molecular flexibility index (Phi) is 3.67. The largest absolute Gasteiger partial charge is 0.323 e. The van der Waals surface area contributed by atoms with Crippen molar-refractivity contribution in [3.05, 3.63) is 96.3 Å². The summed E-state index contributed by atoms with van der Waals surface area (Å²) >= 11 is 0. The number of nitrogens with zero attached hydrogens (tertiary/aromatic N) is 3. The average molecular weight is 404 g/mol. The molecule has 5 aromatic rings. The van der Waals surface area contributed by atoms with Crippen LogP contribution in [0.2, 0.25) is 0 Å². The third-order valence-electron chi connectivity index (χ3n) is 5.59. The Morgan fingerprint density at radius 1 is 0.903 bits per heavy atom. The topological polar surface area (TPSA) is 68.9 Å². The standard InChI is InChI=1S/C25H16N4O2/c30-15-16-12-13-28(14-16)18-10-8-17(9-11-18)24-26-21-6-3-4-19-23(21)29(24)22-7-2-1-5-20(22)27-25(19)31/h1-15H,(H,27,31). The first-order valence-corrected chi connectivity index (χ1v) is 9.89. The second-order valence-corrected chi connectivity index (χ2v) is 7.43. The van der Waals surface area contributed by atoms with Crippen LogP contribution in [0.15, 0.2) is 85.2 Å². The molecule has 31 heavy (non-hydrogen) atoms. The van der Waals surface area contributed by atoms with Crippen LogP contribution >= 0.6 is 0 Å². The zero-order valence-electron chi connectivity index (χ0n) is 16.3. The molecule has 3 heterocycles. The average Bonchev–Trinajstić information content (AvgIpc) is 3.41. The fourth-order valence-corrected chi connectivity index (χ4v) is 4.13. The van der Waals surface area contributed by atoms with Crippen molar-refractivity contribution in [1.82, 2.24) is 14.1 Å². The van der Waals surface area contributed by atoms with E-state index < -0.39 is 0 Å². The molecule has 1 aliphatic rings. The van der Waals surface area contributed by atoms with E-state index in [0.29, 0.717) is 11.1 Å². The van der Waals surface area contributed by atoms with Crippen LogP contribution in [-0.4, -0.2) is 26.3 Å². The lowest BCUT2D eigenvalue weighted by atomic mass is 10.1. The van der Waals surface area contributed by atoms with E-state index in [1.807, 2.05) is 82.1 Å². The Morgan fingerprint density at radius 3 is 2.55 bits per heavy atom. The molecule has 0 atom stereocenters. The number of rotatable bonds is 3. The van der Waals surface area contributed by atoms with Crippen LogP contribution in [0.25, 0.3) is 33.8 Å². The predicted molar refractivity (Wildman–Crippen MR) is 119 cm³/mol. The van der Waals surface area contributed by atoms with E-state index in [4.69, 9.17) is 4.98 Å². The van der Waals surface area contributed by atoms with Crippen molar-refractivity contribution in [2.45, 2.75) is 0 Å². The van der Waals surface area contributed by atoms with Gasteiger partial charge in [-0.1, -0.05) is 18.2 Å². The molecule has 0 saturated heterocycles. The third-order valence-corrected chi connectivity index (χ3v) is 5.59. The highest BCUT2D eigenvalue weighted by Crippen LogP contribution is 2.36. The molecule has 0 radical (unpaired) electrons. The Hall–Kier alpha value is -4.45. The molecule has 0 fully saturated rings. The highest BCUT2D eigenvalue weighted by Gasteiger charge is 2.25. The normalized spacial score (nSPS) is 12.3. The summed E-state index contributed by atoms with van der Waals surface area (Å²) in [6.45, 7) is 0. The van der Waals surface area contributed by atoms with Crippen molar-refractivity contribution >= 4 is 28.9 Å². The lowest BCUT2D eigenvalue weighted by molar-refractivity contribution is 0.102. The van der Waals surface area contributed by atoms with Gasteiger partial charge in [-0.25, -0.2) is 4.98 Å². The molecule has 0 saturated carbocycles. The van der Waals surface area contributed by atoms with E-state index in [-0.39, 0.29) is 5.91 Å². The van der Waals surface area contributed by atoms with Crippen LogP contribution in [0.4, 0.5) is 5.69 Å². The van der Waals surface area contributed by atoms with Gasteiger partial charge in [0.1, 0.15) is 5.82 Å². The minimum Gasteiger partial charge on any atom is -0.323 e. The third kappa shape index (κ3) is 2.62. The van der Waals surface area contributed by atoms with Gasteiger partial charge in [0.05, 0.1) is 28.0 Å². The van der Waals surface area contributed by atoms with E-state index in [0.717, 1.165) is 45.8 Å². The fourth-order valence-electron chi connectivity index (χ4n) is 4.13. The molecular weight excluding hydrogens is 388 g/mol. The van der Waals surface area contributed by atoms with Gasteiger partial charge in [-0.3, -0.25) is 14.2 Å². The lowest BCUT2D eigenvalue weighted by Gasteiger charge is -2.12. The number of carbonyl (C=O) groups excluding carboxylic acids is 2. The quantitative estimate of drug-likeness (QED) is 0.437. The second kappa shape index (κ2) is 6.53. The summed E-state index contributed by atoms with van der Waals surface area (Å²) in [5.41, 5.74) is 6.29. The first-order chi connectivity index (χ1) is 15.2. The molecule has 1 amide bonds. The van der Waals surface area contributed by atoms with Crippen molar-refractivity contribution in [3.63, 3.8) is 0 Å². The number of nitrogens with one attached hydrogen (secondary N) is 1. The van der Waals surface area contributed by atoms with Crippen molar-refractivity contribution in [1.29, 1.82) is 0 Å². The van der Waals surface area contributed by atoms with Crippen molar-refractivity contribution in [3.8, 4) is 22.8 Å². The van der Waals surface area contributed by atoms with Crippen LogP contribution in [0, 0.1) is 0 Å². The number of aldehydes is 1. The summed E-state index contributed by atoms with van der Waals surface area (Å²) in [5.74, 6) is 0.622. The van der Waals surface area contributed by atoms with Gasteiger partial charge in [0.2, 0.25) is 0 Å². The first kappa shape index (κ1) is 17.4. The van der Waals surface area contributed by atoms with E-state index in [9.17, 15) is 9.59 Å². The van der Waals surface area contributed by atoms with Gasteiger partial charge in [0.15, 0.2) is 6.29 Å². The number of fused-ring (bicyclic) bond motifs is 2. The smallest absolute Gasteiger partial charge is 0.257 e. The van der Waals surface area contributed by atoms with Gasteiger partial charge in [0.25, 0.3) is 5.91 Å². The molecule has 2 aromatic heterocycles. The Bertz CT molecular complexity index is 1490. The highest BCUT2D eigenvalue weighted by atomic mass is 16.1. The minimum absolute atomic E-state index is 0.141. The van der Waals surface area contributed by atoms with Crippen LogP contribution in [0.5, 0.6) is 0 Å². The zero-order chi connectivity index (χ0) is 20.9. The maximum absolute atomic E-state index is 12.8. The van der Waals surface area contributed by atoms with E-state index >= 15 is 0 Å². The molecule has 6 heteroatoms. The van der Waals surface area contributed by atoms with E-state index in [1.165, 1.54) is 0 Å². The van der Waals surface area contributed by atoms with E-state index in [2.05, 4.69) is 5.32 Å². The number of amides is 1. The van der Waals surface area contributed by atoms with Crippen molar-refractivity contribution in [2.75, 3.05) is 5.32 Å². The number of para-hydroxylation sites is 3. The molecule has 6 rings (SSSR count). The molecule has 3 aromatic carbocycles. The lowest BCUT2D eigenvalue weighted by Crippen LogP contribution is -2.10. The number of hydrogen-bond acceptors (Lipinski definition) is 3. The molecule has 0 bridgehead atoms. The summed E-state index contributed by atoms with van der Waals surface area (Å²) in [6.07, 6.45) is 4.48. The van der Waals surface area contributed by atoms with Crippen LogP contribution in [0.3, 0.4) is 0 Å². The Balaban J connectivity index is 1.57. The van der Waals surface area contributed by atoms with Gasteiger partial charge < -0.3 is 9.88 Å². The zero-order valence-corrected chi connectivity index (χ0v) is 16.3. The molecule has 1 N–H and O–H groups in total. The second-order valence-electron chi connectivity index (χ2n) is 7.43. The molecule has 148 valence electrons. The SMILES string of the molecule is O=Cc1ccn(-c2ccc(-c3nc4cccc5c4n3-c3ccccc3NC5=O)cc2)c1. The summed E-state index contributed by atoms with van der Waals surface area (Å²) in [4.78, 5) is 28.7. The van der Waals surface area contributed by atoms with Gasteiger partial charge >= 0.3 is 0 Å². The summed E-state index contributed by atoms with van der Waals surface area (Å²) in [7, 11) is 0. The number of aromatic nitrogens is 3. The summed E-state index contributed by atoms with van der Waals surface area (Å²) in [5, 5.41) is 3.01. The van der Waals surface area contributed by atoms with Crippen molar-refractivity contribution < 1.29 is 9.59 Å². The number of anilines is 1. The van der Waals surface area contributed by atoms with Gasteiger partial charge in [-0.2, -0.15) is 0 Å². The summed E-state index contributed by atoms with van der Waals surface area (Å²) < 4.78 is 3.95. The van der Waals surface area contributed by atoms with Crippen molar-refractivity contribution in [2.24, 2.45) is 0 Å². The summed E-state index contributed by atoms with van der Waals surface area (Å²) in [6, 6.07) is 23.1. The number of imidazole rings is 1. The molecule has 1 aliphatic heterocycles. The fraction of sp³-hybridized carbons (Fsp3) is 0. The predicted octanol–water partition coefficient (Wildman–Crippen LogP) is 4.86. The van der Waals surface area contributed by atoms with Crippen LogP contribution in [0.1, 0.15) is 20.7 Å². The van der Waals surface area contributed by atoms with Gasteiger partial charge in [-0.15, -0.1) is 0 Å². The Labute approximate surface area is 177 Å². The maximum atomic E-state index is 12.8. The van der Waals surface area contributed by atoms with Crippen LogP contribution < -0.4 is 5.32 Å². The highest BCUT2D eigenvalue weighted by molar-refractivity contribution is 6.14. The maximum Gasteiger partial charge on any atom is 0.257 e. The number of carbonyl (C=O) groups is 2. The minimum atomic E-state index is -0.141. The molecule has 0 spiro atoms. The van der Waals surface area contributed by atoms with Gasteiger partial charge in [0, 0.05) is 29.2 Å². The number of benzene rings is 3. The number of hydrogen-bond donors (Lipinski definition) is 1. The van der Waals surface area contributed by atoms with Gasteiger partial charge in [-0.05, 0) is 54.6 Å². The van der Waals surface area contributed by atoms with Crippen LogP contribution in [-0.2, 0) is 0 Å².